The summed E-state index contributed by atoms with van der Waals surface area (Å²) in [6.45, 7) is -0.473. The highest BCUT2D eigenvalue weighted by Crippen LogP contribution is 2.39. The number of esters is 1. The van der Waals surface area contributed by atoms with Crippen molar-refractivity contribution in [1.82, 2.24) is 9.78 Å². The van der Waals surface area contributed by atoms with E-state index in [2.05, 4.69) is 10.4 Å². The summed E-state index contributed by atoms with van der Waals surface area (Å²) in [6.07, 6.45) is 2.11. The number of hydrogen-bond acceptors (Lipinski definition) is 4. The molecule has 0 bridgehead atoms. The second kappa shape index (κ2) is 8.27. The minimum atomic E-state index is -0.631. The molecule has 3 aromatic rings. The number of carbonyl (C=O) groups is 2. The van der Waals surface area contributed by atoms with Gasteiger partial charge in [-0.2, -0.15) is 5.10 Å². The molecule has 0 atom stereocenters. The average molecular weight is 430 g/mol. The Balaban J connectivity index is 1.48. The fourth-order valence-corrected chi connectivity index (χ4v) is 3.38. The number of ether oxygens (including phenoxy) is 1. The van der Waals surface area contributed by atoms with Crippen LogP contribution in [0.5, 0.6) is 0 Å². The molecule has 2 aromatic carbocycles. The quantitative estimate of drug-likeness (QED) is 0.568. The van der Waals surface area contributed by atoms with Crippen molar-refractivity contribution in [3.05, 3.63) is 76.0 Å². The monoisotopic (exact) mass is 429 g/mol. The maximum atomic E-state index is 12.7. The molecule has 1 heterocycles. The maximum Gasteiger partial charge on any atom is 0.357 e. The van der Waals surface area contributed by atoms with E-state index in [0.29, 0.717) is 16.0 Å². The number of para-hydroxylation sites is 2. The summed E-state index contributed by atoms with van der Waals surface area (Å²) in [5, 5.41) is 7.72. The highest BCUT2D eigenvalue weighted by atomic mass is 35.5. The molecule has 0 spiro atoms. The van der Waals surface area contributed by atoms with Gasteiger partial charge in [-0.05, 0) is 43.2 Å². The van der Waals surface area contributed by atoms with E-state index in [9.17, 15) is 9.59 Å². The maximum absolute atomic E-state index is 12.7. The molecule has 1 aromatic heterocycles. The highest BCUT2D eigenvalue weighted by molar-refractivity contribution is 6.39. The van der Waals surface area contributed by atoms with Crippen LogP contribution in [0.2, 0.25) is 10.0 Å². The Morgan fingerprint density at radius 3 is 2.41 bits per heavy atom. The first-order valence-corrected chi connectivity index (χ1v) is 9.85. The van der Waals surface area contributed by atoms with Crippen LogP contribution in [0.3, 0.4) is 0 Å². The van der Waals surface area contributed by atoms with Crippen molar-refractivity contribution in [3.63, 3.8) is 0 Å². The van der Waals surface area contributed by atoms with Gasteiger partial charge in [0.1, 0.15) is 0 Å². The summed E-state index contributed by atoms with van der Waals surface area (Å²) in [5.74, 6) is -0.799. The third kappa shape index (κ3) is 4.44. The molecule has 1 saturated carbocycles. The molecule has 1 aliphatic rings. The van der Waals surface area contributed by atoms with Crippen molar-refractivity contribution >= 4 is 40.8 Å². The topological polar surface area (TPSA) is 73.2 Å². The lowest BCUT2D eigenvalue weighted by Crippen LogP contribution is -2.22. The Morgan fingerprint density at radius 2 is 1.76 bits per heavy atom. The SMILES string of the molecule is O=C(COC(=O)c1cc(C2CC2)nn1-c1ccccc1)Nc1c(Cl)cccc1Cl. The molecule has 1 aliphatic carbocycles. The van der Waals surface area contributed by atoms with Crippen molar-refractivity contribution in [3.8, 4) is 5.69 Å². The van der Waals surface area contributed by atoms with E-state index in [1.807, 2.05) is 30.3 Å². The Hall–Kier alpha value is -2.83. The summed E-state index contributed by atoms with van der Waals surface area (Å²) >= 11 is 12.1. The first-order chi connectivity index (χ1) is 14.0. The number of benzene rings is 2. The zero-order valence-electron chi connectivity index (χ0n) is 15.3. The Labute approximate surface area is 177 Å². The molecule has 0 radical (unpaired) electrons. The third-order valence-electron chi connectivity index (χ3n) is 4.50. The van der Waals surface area contributed by atoms with Gasteiger partial charge >= 0.3 is 5.97 Å². The lowest BCUT2D eigenvalue weighted by Gasteiger charge is -2.10. The van der Waals surface area contributed by atoms with Gasteiger partial charge in [-0.25, -0.2) is 9.48 Å². The summed E-state index contributed by atoms with van der Waals surface area (Å²) in [7, 11) is 0. The Morgan fingerprint density at radius 1 is 1.07 bits per heavy atom. The average Bonchev–Trinajstić information content (AvgIpc) is 3.48. The van der Waals surface area contributed by atoms with E-state index in [0.717, 1.165) is 24.2 Å². The number of nitrogens with zero attached hydrogens (tertiary/aromatic N) is 2. The van der Waals surface area contributed by atoms with Gasteiger partial charge in [0.25, 0.3) is 5.91 Å². The molecule has 0 saturated heterocycles. The summed E-state index contributed by atoms with van der Waals surface area (Å²) in [6, 6.07) is 15.9. The van der Waals surface area contributed by atoms with Crippen LogP contribution in [-0.4, -0.2) is 28.3 Å². The fraction of sp³-hybridized carbons (Fsp3) is 0.190. The standard InChI is InChI=1S/C21H17Cl2N3O3/c22-15-7-4-8-16(23)20(15)24-19(27)12-29-21(28)18-11-17(13-9-10-13)25-26(18)14-5-2-1-3-6-14/h1-8,11,13H,9-10,12H2,(H,24,27). The number of rotatable bonds is 6. The minimum absolute atomic E-state index is 0.279. The molecule has 4 rings (SSSR count). The van der Waals surface area contributed by atoms with Gasteiger partial charge in [0.15, 0.2) is 12.3 Å². The number of amides is 1. The predicted octanol–water partition coefficient (Wildman–Crippen LogP) is 4.85. The van der Waals surface area contributed by atoms with E-state index in [4.69, 9.17) is 27.9 Å². The van der Waals surface area contributed by atoms with E-state index in [1.54, 1.807) is 28.9 Å². The zero-order valence-corrected chi connectivity index (χ0v) is 16.8. The van der Waals surface area contributed by atoms with Gasteiger partial charge < -0.3 is 10.1 Å². The van der Waals surface area contributed by atoms with Crippen LogP contribution < -0.4 is 5.32 Å². The van der Waals surface area contributed by atoms with Gasteiger partial charge in [-0.15, -0.1) is 0 Å². The number of anilines is 1. The lowest BCUT2D eigenvalue weighted by molar-refractivity contribution is -0.119. The molecule has 6 nitrogen and oxygen atoms in total. The summed E-state index contributed by atoms with van der Waals surface area (Å²) in [5.41, 5.74) is 2.16. The van der Waals surface area contributed by atoms with Gasteiger partial charge in [0.2, 0.25) is 0 Å². The first-order valence-electron chi connectivity index (χ1n) is 9.09. The van der Waals surface area contributed by atoms with Crippen molar-refractivity contribution in [2.75, 3.05) is 11.9 Å². The van der Waals surface area contributed by atoms with Crippen LogP contribution >= 0.6 is 23.2 Å². The molecule has 1 amide bonds. The highest BCUT2D eigenvalue weighted by Gasteiger charge is 2.29. The van der Waals surface area contributed by atoms with Crippen molar-refractivity contribution < 1.29 is 14.3 Å². The van der Waals surface area contributed by atoms with Crippen LogP contribution in [0, 0.1) is 0 Å². The van der Waals surface area contributed by atoms with Crippen molar-refractivity contribution in [2.24, 2.45) is 0 Å². The first kappa shape index (κ1) is 19.5. The van der Waals surface area contributed by atoms with Crippen LogP contribution in [-0.2, 0) is 9.53 Å². The number of halogens is 2. The van der Waals surface area contributed by atoms with Crippen LogP contribution in [0.15, 0.2) is 54.6 Å². The summed E-state index contributed by atoms with van der Waals surface area (Å²) < 4.78 is 6.77. The van der Waals surface area contributed by atoms with E-state index >= 15 is 0 Å². The molecular weight excluding hydrogens is 413 g/mol. The number of hydrogen-bond donors (Lipinski definition) is 1. The van der Waals surface area contributed by atoms with Crippen LogP contribution in [0.1, 0.15) is 34.9 Å². The minimum Gasteiger partial charge on any atom is -0.451 e. The summed E-state index contributed by atoms with van der Waals surface area (Å²) in [4.78, 5) is 24.9. The molecule has 148 valence electrons. The molecule has 1 N–H and O–H groups in total. The van der Waals surface area contributed by atoms with Crippen molar-refractivity contribution in [2.45, 2.75) is 18.8 Å². The number of nitrogens with one attached hydrogen (secondary N) is 1. The Bertz CT molecular complexity index is 1040. The van der Waals surface area contributed by atoms with Crippen LogP contribution in [0.25, 0.3) is 5.69 Å². The molecular formula is C21H17Cl2N3O3. The van der Waals surface area contributed by atoms with Crippen LogP contribution in [0.4, 0.5) is 5.69 Å². The third-order valence-corrected chi connectivity index (χ3v) is 5.13. The van der Waals surface area contributed by atoms with E-state index < -0.39 is 18.5 Å². The lowest BCUT2D eigenvalue weighted by atomic mass is 10.2. The second-order valence-electron chi connectivity index (χ2n) is 6.70. The van der Waals surface area contributed by atoms with Crippen molar-refractivity contribution in [1.29, 1.82) is 0 Å². The van der Waals surface area contributed by atoms with Gasteiger partial charge in [0.05, 0.1) is 27.1 Å². The molecule has 8 heteroatoms. The molecule has 1 fully saturated rings. The van der Waals surface area contributed by atoms with Gasteiger partial charge in [-0.3, -0.25) is 4.79 Å². The zero-order chi connectivity index (χ0) is 20.4. The second-order valence-corrected chi connectivity index (χ2v) is 7.51. The van der Waals surface area contributed by atoms with E-state index in [-0.39, 0.29) is 11.4 Å². The fourth-order valence-electron chi connectivity index (χ4n) is 2.89. The Kier molecular flexibility index (Phi) is 5.56. The largest absolute Gasteiger partial charge is 0.451 e. The molecule has 0 unspecified atom stereocenters. The number of aromatic nitrogens is 2. The van der Waals surface area contributed by atoms with Gasteiger partial charge in [0, 0.05) is 5.92 Å². The molecule has 29 heavy (non-hydrogen) atoms. The number of carbonyl (C=O) groups excluding carboxylic acids is 2. The predicted molar refractivity (Wildman–Crippen MR) is 111 cm³/mol. The van der Waals surface area contributed by atoms with Gasteiger partial charge in [-0.1, -0.05) is 47.5 Å². The normalized spacial score (nSPS) is 13.2. The van der Waals surface area contributed by atoms with E-state index in [1.165, 1.54) is 0 Å². The molecule has 0 aliphatic heterocycles. The smallest absolute Gasteiger partial charge is 0.357 e.